The number of rotatable bonds is 1. The third kappa shape index (κ3) is 0.869. The minimum Gasteiger partial charge on any atom is -0.296 e. The lowest BCUT2D eigenvalue weighted by Crippen LogP contribution is -1.75. The number of hydrogen-bond acceptors (Lipinski definition) is 2. The molecule has 1 heterocycles. The summed E-state index contributed by atoms with van der Waals surface area (Å²) >= 11 is 5.34. The van der Waals surface area contributed by atoms with Gasteiger partial charge in [-0.1, -0.05) is 11.6 Å². The summed E-state index contributed by atoms with van der Waals surface area (Å²) in [5, 5.41) is 6.21. The van der Waals surface area contributed by atoms with Gasteiger partial charge in [0.25, 0.3) is 0 Å². The summed E-state index contributed by atoms with van der Waals surface area (Å²) in [6.07, 6.45) is 0.652. The maximum Gasteiger partial charge on any atom is 0.167 e. The van der Waals surface area contributed by atoms with Gasteiger partial charge in [0.15, 0.2) is 11.4 Å². The number of nitrogens with one attached hydrogen (secondary N) is 1. The monoisotopic (exact) mass is 130 g/mol. The summed E-state index contributed by atoms with van der Waals surface area (Å²) in [7, 11) is 0. The Morgan fingerprint density at radius 3 is 2.88 bits per heavy atom. The molecule has 0 aliphatic rings. The van der Waals surface area contributed by atoms with E-state index >= 15 is 0 Å². The molecule has 0 aliphatic heterocycles. The summed E-state index contributed by atoms with van der Waals surface area (Å²) < 4.78 is 0. The van der Waals surface area contributed by atoms with Crippen molar-refractivity contribution in [2.45, 2.75) is 0 Å². The van der Waals surface area contributed by atoms with E-state index in [0.717, 1.165) is 0 Å². The van der Waals surface area contributed by atoms with E-state index in [1.165, 1.54) is 6.07 Å². The van der Waals surface area contributed by atoms with Gasteiger partial charge in [-0.2, -0.15) is 5.10 Å². The Hall–Kier alpha value is -0.830. The Labute approximate surface area is 50.7 Å². The summed E-state index contributed by atoms with van der Waals surface area (Å²) in [6, 6.07) is 1.45. The molecule has 0 spiro atoms. The highest BCUT2D eigenvalue weighted by atomic mass is 35.5. The minimum atomic E-state index is 0.312. The topological polar surface area (TPSA) is 45.8 Å². The first kappa shape index (κ1) is 5.31. The number of halogens is 1. The molecule has 0 bridgehead atoms. The minimum absolute atomic E-state index is 0.312. The van der Waals surface area contributed by atoms with Crippen molar-refractivity contribution in [2.24, 2.45) is 0 Å². The SMILES string of the molecule is O=Cc1cc(Cl)n[nH]1. The third-order valence-electron chi connectivity index (χ3n) is 0.693. The van der Waals surface area contributed by atoms with Crippen LogP contribution in [-0.4, -0.2) is 16.5 Å². The molecule has 8 heavy (non-hydrogen) atoms. The predicted molar refractivity (Wildman–Crippen MR) is 29.0 cm³/mol. The molecule has 4 heteroatoms. The van der Waals surface area contributed by atoms with Crippen LogP contribution in [0.15, 0.2) is 6.07 Å². The van der Waals surface area contributed by atoms with Crippen LogP contribution in [0, 0.1) is 0 Å². The summed E-state index contributed by atoms with van der Waals surface area (Å²) in [5.74, 6) is 0. The van der Waals surface area contributed by atoms with Crippen molar-refractivity contribution in [3.05, 3.63) is 16.9 Å². The molecule has 0 saturated heterocycles. The second-order valence-corrected chi connectivity index (χ2v) is 1.65. The van der Waals surface area contributed by atoms with E-state index in [2.05, 4.69) is 10.2 Å². The van der Waals surface area contributed by atoms with Gasteiger partial charge in [-0.25, -0.2) is 0 Å². The van der Waals surface area contributed by atoms with Gasteiger partial charge in [0.05, 0.1) is 5.69 Å². The molecular weight excluding hydrogens is 128 g/mol. The first-order chi connectivity index (χ1) is 3.83. The molecule has 1 aromatic heterocycles. The molecular formula is C4H3ClN2O. The van der Waals surface area contributed by atoms with E-state index in [1.54, 1.807) is 0 Å². The van der Waals surface area contributed by atoms with Gasteiger partial charge in [-0.15, -0.1) is 0 Å². The van der Waals surface area contributed by atoms with Gasteiger partial charge in [0, 0.05) is 6.07 Å². The van der Waals surface area contributed by atoms with Crippen LogP contribution < -0.4 is 0 Å². The average Bonchev–Trinajstić information content (AvgIpc) is 2.14. The molecule has 0 amide bonds. The zero-order valence-corrected chi connectivity index (χ0v) is 4.64. The predicted octanol–water partition coefficient (Wildman–Crippen LogP) is 0.876. The Kier molecular flexibility index (Phi) is 1.30. The smallest absolute Gasteiger partial charge is 0.167 e. The zero-order chi connectivity index (χ0) is 5.98. The summed E-state index contributed by atoms with van der Waals surface area (Å²) in [6.45, 7) is 0. The van der Waals surface area contributed by atoms with Crippen LogP contribution in [0.1, 0.15) is 10.5 Å². The number of nitrogens with zero attached hydrogens (tertiary/aromatic N) is 1. The Morgan fingerprint density at radius 1 is 1.88 bits per heavy atom. The number of aromatic nitrogens is 2. The molecule has 0 aliphatic carbocycles. The van der Waals surface area contributed by atoms with Crippen LogP contribution in [0.5, 0.6) is 0 Å². The largest absolute Gasteiger partial charge is 0.296 e. The molecule has 1 aromatic rings. The lowest BCUT2D eigenvalue weighted by molar-refractivity contribution is 0.111. The lowest BCUT2D eigenvalue weighted by Gasteiger charge is -1.67. The van der Waals surface area contributed by atoms with Crippen LogP contribution in [0.25, 0.3) is 0 Å². The molecule has 0 aromatic carbocycles. The maximum atomic E-state index is 9.89. The highest BCUT2D eigenvalue weighted by molar-refractivity contribution is 6.29. The molecule has 3 nitrogen and oxygen atoms in total. The molecule has 0 radical (unpaired) electrons. The number of aromatic amines is 1. The quantitative estimate of drug-likeness (QED) is 0.574. The Bertz CT molecular complexity index is 196. The van der Waals surface area contributed by atoms with Crippen LogP contribution >= 0.6 is 11.6 Å². The maximum absolute atomic E-state index is 9.89. The van der Waals surface area contributed by atoms with Crippen LogP contribution in [0.3, 0.4) is 0 Å². The van der Waals surface area contributed by atoms with Gasteiger partial charge < -0.3 is 0 Å². The Morgan fingerprint density at radius 2 is 2.62 bits per heavy atom. The number of carbonyl (C=O) groups excluding carboxylic acids is 1. The van der Waals surface area contributed by atoms with Crippen molar-refractivity contribution in [3.63, 3.8) is 0 Å². The van der Waals surface area contributed by atoms with Gasteiger partial charge in [0.2, 0.25) is 0 Å². The fraction of sp³-hybridized carbons (Fsp3) is 0. The molecule has 1 rings (SSSR count). The van der Waals surface area contributed by atoms with E-state index in [1.807, 2.05) is 0 Å². The second-order valence-electron chi connectivity index (χ2n) is 1.26. The highest BCUT2D eigenvalue weighted by Crippen LogP contribution is 2.01. The van der Waals surface area contributed by atoms with Crippen molar-refractivity contribution < 1.29 is 4.79 Å². The van der Waals surface area contributed by atoms with Gasteiger partial charge in [-0.3, -0.25) is 9.89 Å². The van der Waals surface area contributed by atoms with Crippen molar-refractivity contribution in [2.75, 3.05) is 0 Å². The number of aldehydes is 1. The number of carbonyl (C=O) groups is 1. The summed E-state index contributed by atoms with van der Waals surface area (Å²) in [4.78, 5) is 9.89. The normalized spacial score (nSPS) is 9.12. The van der Waals surface area contributed by atoms with Gasteiger partial charge in [-0.05, 0) is 0 Å². The highest BCUT2D eigenvalue weighted by Gasteiger charge is 1.92. The number of H-pyrrole nitrogens is 1. The van der Waals surface area contributed by atoms with Crippen LogP contribution in [-0.2, 0) is 0 Å². The van der Waals surface area contributed by atoms with Crippen LogP contribution in [0.2, 0.25) is 5.15 Å². The first-order valence-electron chi connectivity index (χ1n) is 1.99. The average molecular weight is 131 g/mol. The van der Waals surface area contributed by atoms with E-state index in [4.69, 9.17) is 11.6 Å². The van der Waals surface area contributed by atoms with Crippen molar-refractivity contribution in [1.82, 2.24) is 10.2 Å². The molecule has 1 N–H and O–H groups in total. The zero-order valence-electron chi connectivity index (χ0n) is 3.89. The fourth-order valence-electron chi connectivity index (χ4n) is 0.371. The van der Waals surface area contributed by atoms with Crippen molar-refractivity contribution in [3.8, 4) is 0 Å². The van der Waals surface area contributed by atoms with Crippen molar-refractivity contribution >= 4 is 17.9 Å². The first-order valence-corrected chi connectivity index (χ1v) is 2.37. The lowest BCUT2D eigenvalue weighted by atomic mass is 10.5. The fourth-order valence-corrected chi connectivity index (χ4v) is 0.531. The molecule has 0 saturated carbocycles. The summed E-state index contributed by atoms with van der Waals surface area (Å²) in [5.41, 5.74) is 0.398. The molecule has 42 valence electrons. The molecule has 0 atom stereocenters. The van der Waals surface area contributed by atoms with Crippen LogP contribution in [0.4, 0.5) is 0 Å². The van der Waals surface area contributed by atoms with E-state index in [9.17, 15) is 4.79 Å². The Balaban J connectivity index is 3.00. The standard InChI is InChI=1S/C4H3ClN2O/c5-4-1-3(2-8)6-7-4/h1-2H,(H,6,7). The van der Waals surface area contributed by atoms with Crippen molar-refractivity contribution in [1.29, 1.82) is 0 Å². The number of hydrogen-bond donors (Lipinski definition) is 1. The van der Waals surface area contributed by atoms with Gasteiger partial charge >= 0.3 is 0 Å². The van der Waals surface area contributed by atoms with E-state index in [0.29, 0.717) is 17.1 Å². The molecule has 0 fully saturated rings. The van der Waals surface area contributed by atoms with Gasteiger partial charge in [0.1, 0.15) is 0 Å². The van der Waals surface area contributed by atoms with E-state index < -0.39 is 0 Å². The van der Waals surface area contributed by atoms with E-state index in [-0.39, 0.29) is 0 Å². The molecule has 0 unspecified atom stereocenters. The second kappa shape index (κ2) is 1.96. The third-order valence-corrected chi connectivity index (χ3v) is 0.887.